The van der Waals surface area contributed by atoms with E-state index in [-0.39, 0.29) is 76.7 Å². The number of esters is 2. The molecular formula is C26H36N6O13S. The number of thioether (sulfide) groups is 1. The van der Waals surface area contributed by atoms with Gasteiger partial charge < -0.3 is 39.4 Å². The van der Waals surface area contributed by atoms with Crippen LogP contribution >= 0.6 is 11.8 Å². The Labute approximate surface area is 266 Å². The standard InChI is InChI=1S/C26H36N6O13S/c27-26(28)44-23(40)25(24(41)45-26)11-15(12-25)30-31-19(34)5-7-42-9-10-43-8-6-32-16(1-3-20(32)35)13-46-14-17(22(38)39)29-18(33)2-4-21(36)37/h1,17H,2-14,27-28H2,(H,29,33)(H,31,34)(H,36,37)(H,38,39)/t17-/m1/s1. The average Bonchev–Trinajstić information content (AvgIpc) is 3.29. The zero-order chi connectivity index (χ0) is 33.9. The predicted molar refractivity (Wildman–Crippen MR) is 155 cm³/mol. The minimum absolute atomic E-state index is 0.0161. The van der Waals surface area contributed by atoms with E-state index in [4.69, 9.17) is 35.5 Å². The SMILES string of the molecule is NC1(N)OC(=O)C2(CC(=NNC(=O)CCOCCOCCN3C(=O)CC=C3CSC[C@@H](NC(=O)CCC(=O)O)C(=O)O)C2)C(=O)O1. The lowest BCUT2D eigenvalue weighted by Gasteiger charge is -2.44. The molecule has 0 aromatic carbocycles. The van der Waals surface area contributed by atoms with Gasteiger partial charge in [0.2, 0.25) is 17.7 Å². The van der Waals surface area contributed by atoms with Gasteiger partial charge in [0.05, 0.1) is 39.3 Å². The van der Waals surface area contributed by atoms with E-state index in [0.29, 0.717) is 17.2 Å². The van der Waals surface area contributed by atoms with Crippen molar-refractivity contribution in [2.45, 2.75) is 50.6 Å². The fourth-order valence-electron chi connectivity index (χ4n) is 4.38. The molecule has 3 aliphatic rings. The van der Waals surface area contributed by atoms with Crippen LogP contribution < -0.4 is 22.2 Å². The monoisotopic (exact) mass is 672 g/mol. The van der Waals surface area contributed by atoms with E-state index in [2.05, 4.69) is 15.8 Å². The molecule has 0 bridgehead atoms. The Morgan fingerprint density at radius 2 is 1.63 bits per heavy atom. The normalized spacial score (nSPS) is 18.7. The van der Waals surface area contributed by atoms with Crippen molar-refractivity contribution in [1.29, 1.82) is 0 Å². The number of rotatable bonds is 19. The largest absolute Gasteiger partial charge is 0.481 e. The lowest BCUT2D eigenvalue weighted by atomic mass is 9.67. The fourth-order valence-corrected chi connectivity index (χ4v) is 5.44. The summed E-state index contributed by atoms with van der Waals surface area (Å²) < 4.78 is 20.3. The van der Waals surface area contributed by atoms with E-state index >= 15 is 0 Å². The van der Waals surface area contributed by atoms with E-state index < -0.39 is 59.6 Å². The van der Waals surface area contributed by atoms with Crippen molar-refractivity contribution in [1.82, 2.24) is 15.6 Å². The highest BCUT2D eigenvalue weighted by Gasteiger charge is 2.63. The first-order chi connectivity index (χ1) is 21.7. The molecule has 1 saturated carbocycles. The van der Waals surface area contributed by atoms with Crippen molar-refractivity contribution in [2.75, 3.05) is 44.5 Å². The number of ether oxygens (including phenoxy) is 4. The number of carboxylic acids is 2. The summed E-state index contributed by atoms with van der Waals surface area (Å²) in [6, 6.07) is -3.52. The Kier molecular flexibility index (Phi) is 13.0. The van der Waals surface area contributed by atoms with Gasteiger partial charge in [-0.05, 0) is 0 Å². The maximum atomic E-state index is 12.3. The molecule has 2 heterocycles. The molecule has 8 N–H and O–H groups in total. The van der Waals surface area contributed by atoms with Gasteiger partial charge >= 0.3 is 29.9 Å². The molecule has 0 aromatic rings. The van der Waals surface area contributed by atoms with Crippen molar-refractivity contribution in [2.24, 2.45) is 22.0 Å². The third kappa shape index (κ3) is 10.5. The smallest absolute Gasteiger partial charge is 0.380 e. The van der Waals surface area contributed by atoms with Crippen LogP contribution in [0.4, 0.5) is 0 Å². The van der Waals surface area contributed by atoms with Gasteiger partial charge in [-0.15, -0.1) is 0 Å². The summed E-state index contributed by atoms with van der Waals surface area (Å²) in [6.07, 6.45) is 0.983. The van der Waals surface area contributed by atoms with Crippen LogP contribution in [0, 0.1) is 5.41 Å². The van der Waals surface area contributed by atoms with E-state index in [1.54, 1.807) is 6.08 Å². The molecular weight excluding hydrogens is 636 g/mol. The first-order valence-corrected chi connectivity index (χ1v) is 15.2. The molecule has 3 amide bonds. The van der Waals surface area contributed by atoms with E-state index in [9.17, 15) is 38.7 Å². The second-order valence-corrected chi connectivity index (χ2v) is 11.5. The van der Waals surface area contributed by atoms with Crippen molar-refractivity contribution in [3.05, 3.63) is 11.8 Å². The fraction of sp³-hybridized carbons (Fsp3) is 0.615. The van der Waals surface area contributed by atoms with Gasteiger partial charge in [0.1, 0.15) is 6.04 Å². The number of aliphatic carboxylic acids is 2. The van der Waals surface area contributed by atoms with E-state index in [0.717, 1.165) is 0 Å². The summed E-state index contributed by atoms with van der Waals surface area (Å²) in [5.74, 6) is -5.17. The number of cyclic esters (lactones) is 2. The number of carboxylic acid groups (broad SMARTS) is 2. The van der Waals surface area contributed by atoms with Crippen molar-refractivity contribution in [3.63, 3.8) is 0 Å². The highest BCUT2D eigenvalue weighted by molar-refractivity contribution is 7.99. The highest BCUT2D eigenvalue weighted by Crippen LogP contribution is 2.44. The average molecular weight is 673 g/mol. The molecule has 20 heteroatoms. The summed E-state index contributed by atoms with van der Waals surface area (Å²) in [5, 5.41) is 24.2. The van der Waals surface area contributed by atoms with Gasteiger partial charge in [0.25, 0.3) is 0 Å². The molecule has 1 atom stereocenters. The molecule has 2 fully saturated rings. The van der Waals surface area contributed by atoms with Crippen molar-refractivity contribution >= 4 is 59.1 Å². The minimum atomic E-state index is -2.31. The number of nitrogens with zero attached hydrogens (tertiary/aromatic N) is 2. The number of nitrogens with two attached hydrogens (primary N) is 2. The molecule has 1 spiro atoms. The van der Waals surface area contributed by atoms with Gasteiger partial charge in [-0.2, -0.15) is 16.9 Å². The van der Waals surface area contributed by atoms with Crippen molar-refractivity contribution < 1.29 is 62.7 Å². The van der Waals surface area contributed by atoms with Crippen LogP contribution in [0.5, 0.6) is 0 Å². The molecule has 1 saturated heterocycles. The first kappa shape index (κ1) is 36.4. The lowest BCUT2D eigenvalue weighted by molar-refractivity contribution is -0.260. The number of carbonyl (C=O) groups excluding carboxylic acids is 5. The summed E-state index contributed by atoms with van der Waals surface area (Å²) in [7, 11) is 0. The van der Waals surface area contributed by atoms with Crippen LogP contribution in [-0.4, -0.2) is 119 Å². The minimum Gasteiger partial charge on any atom is -0.481 e. The lowest BCUT2D eigenvalue weighted by Crippen LogP contribution is -2.68. The van der Waals surface area contributed by atoms with Crippen LogP contribution in [0.1, 0.15) is 38.5 Å². The molecule has 3 rings (SSSR count). The molecule has 19 nitrogen and oxygen atoms in total. The van der Waals surface area contributed by atoms with E-state index in [1.165, 1.54) is 16.7 Å². The number of hydrogen-bond acceptors (Lipinski definition) is 15. The van der Waals surface area contributed by atoms with Crippen LogP contribution in [0.2, 0.25) is 0 Å². The number of hydrogen-bond donors (Lipinski definition) is 6. The van der Waals surface area contributed by atoms with Gasteiger partial charge in [-0.1, -0.05) is 6.08 Å². The number of amides is 3. The van der Waals surface area contributed by atoms with Crippen LogP contribution in [0.15, 0.2) is 16.9 Å². The molecule has 254 valence electrons. The second-order valence-electron chi connectivity index (χ2n) is 10.4. The summed E-state index contributed by atoms with van der Waals surface area (Å²) >= 11 is 1.21. The van der Waals surface area contributed by atoms with Gasteiger partial charge in [0.15, 0.2) is 5.41 Å². The maximum absolute atomic E-state index is 12.3. The Balaban J connectivity index is 1.24. The zero-order valence-corrected chi connectivity index (χ0v) is 25.5. The topological polar surface area (TPSA) is 289 Å². The molecule has 0 aromatic heterocycles. The first-order valence-electron chi connectivity index (χ1n) is 14.1. The van der Waals surface area contributed by atoms with Gasteiger partial charge in [0, 0.05) is 55.1 Å². The highest BCUT2D eigenvalue weighted by atomic mass is 32.2. The summed E-state index contributed by atoms with van der Waals surface area (Å²) in [5.41, 5.74) is 12.4. The van der Waals surface area contributed by atoms with Gasteiger partial charge in [-0.3, -0.25) is 28.8 Å². The third-order valence-electron chi connectivity index (χ3n) is 6.83. The van der Waals surface area contributed by atoms with Crippen LogP contribution in [-0.2, 0) is 52.5 Å². The summed E-state index contributed by atoms with van der Waals surface area (Å²) in [6.45, 7) is 0.914. The Morgan fingerprint density at radius 3 is 2.26 bits per heavy atom. The number of nitrogens with one attached hydrogen (secondary N) is 2. The van der Waals surface area contributed by atoms with Gasteiger partial charge in [-0.25, -0.2) is 21.7 Å². The Hall–Kier alpha value is -4.11. The summed E-state index contributed by atoms with van der Waals surface area (Å²) in [4.78, 5) is 83.8. The van der Waals surface area contributed by atoms with E-state index in [1.807, 2.05) is 0 Å². The zero-order valence-electron chi connectivity index (χ0n) is 24.7. The maximum Gasteiger partial charge on any atom is 0.380 e. The number of carbonyl (C=O) groups is 7. The quantitative estimate of drug-likeness (QED) is 0.0273. The van der Waals surface area contributed by atoms with Crippen molar-refractivity contribution in [3.8, 4) is 0 Å². The third-order valence-corrected chi connectivity index (χ3v) is 7.90. The second kappa shape index (κ2) is 16.5. The number of hydrazone groups is 1. The van der Waals surface area contributed by atoms with Crippen LogP contribution in [0.3, 0.4) is 0 Å². The predicted octanol–water partition coefficient (Wildman–Crippen LogP) is -2.43. The van der Waals surface area contributed by atoms with Crippen LogP contribution in [0.25, 0.3) is 0 Å². The molecule has 0 unspecified atom stereocenters. The molecule has 2 aliphatic heterocycles. The molecule has 1 aliphatic carbocycles. The molecule has 0 radical (unpaired) electrons. The Bertz CT molecular complexity index is 1260. The molecule has 46 heavy (non-hydrogen) atoms. The Morgan fingerprint density at radius 1 is 0.978 bits per heavy atom.